The summed E-state index contributed by atoms with van der Waals surface area (Å²) in [5.74, 6) is 2.25. The van der Waals surface area contributed by atoms with E-state index in [2.05, 4.69) is 43.8 Å². The van der Waals surface area contributed by atoms with Crippen molar-refractivity contribution >= 4 is 11.8 Å². The first-order valence-electron chi connectivity index (χ1n) is 8.01. The van der Waals surface area contributed by atoms with Crippen LogP contribution >= 0.6 is 11.8 Å². The Bertz CT molecular complexity index is 492. The molecule has 3 aliphatic rings. The SMILES string of the molecule is C[C@H](c1nnnn1C1CC1)N1CCSC2(CCOCC2)C1. The molecule has 0 N–H and O–H groups in total. The van der Waals surface area contributed by atoms with E-state index in [9.17, 15) is 0 Å². The van der Waals surface area contributed by atoms with Gasteiger partial charge in [-0.15, -0.1) is 5.10 Å². The third-order valence-corrected chi connectivity index (χ3v) is 6.55. The number of rotatable bonds is 3. The van der Waals surface area contributed by atoms with Crippen LogP contribution in [0.1, 0.15) is 50.5 Å². The van der Waals surface area contributed by atoms with Crippen molar-refractivity contribution < 1.29 is 4.74 Å². The van der Waals surface area contributed by atoms with E-state index in [0.29, 0.717) is 16.8 Å². The Labute approximate surface area is 129 Å². The second kappa shape index (κ2) is 5.52. The highest BCUT2D eigenvalue weighted by Crippen LogP contribution is 2.42. The van der Waals surface area contributed by atoms with Gasteiger partial charge in [0.1, 0.15) is 0 Å². The maximum absolute atomic E-state index is 5.56. The zero-order chi connectivity index (χ0) is 14.3. The molecule has 0 unspecified atom stereocenters. The lowest BCUT2D eigenvalue weighted by molar-refractivity contribution is 0.0565. The quantitative estimate of drug-likeness (QED) is 0.846. The molecule has 6 nitrogen and oxygen atoms in total. The Morgan fingerprint density at radius 1 is 1.33 bits per heavy atom. The number of aromatic nitrogens is 4. The summed E-state index contributed by atoms with van der Waals surface area (Å²) in [6.45, 7) is 6.35. The molecule has 3 fully saturated rings. The van der Waals surface area contributed by atoms with Crippen LogP contribution in [0.5, 0.6) is 0 Å². The smallest absolute Gasteiger partial charge is 0.168 e. The highest BCUT2D eigenvalue weighted by molar-refractivity contribution is 8.00. The van der Waals surface area contributed by atoms with Crippen molar-refractivity contribution in [3.05, 3.63) is 5.82 Å². The van der Waals surface area contributed by atoms with Gasteiger partial charge in [0.05, 0.1) is 12.1 Å². The van der Waals surface area contributed by atoms with Crippen molar-refractivity contribution in [3.63, 3.8) is 0 Å². The monoisotopic (exact) mass is 309 g/mol. The molecule has 7 heteroatoms. The normalized spacial score (nSPS) is 27.9. The molecule has 1 aliphatic carbocycles. The van der Waals surface area contributed by atoms with Crippen molar-refractivity contribution in [2.75, 3.05) is 32.1 Å². The molecule has 21 heavy (non-hydrogen) atoms. The standard InChI is InChI=1S/C14H23N5OS/c1-11(13-15-16-17-19(13)12-2-3-12)18-6-9-21-14(10-18)4-7-20-8-5-14/h11-12H,2-10H2,1H3/t11-/m1/s1. The predicted molar refractivity (Wildman–Crippen MR) is 81.3 cm³/mol. The first-order chi connectivity index (χ1) is 10.3. The van der Waals surface area contributed by atoms with Crippen molar-refractivity contribution in [3.8, 4) is 0 Å². The molecular weight excluding hydrogens is 286 g/mol. The molecule has 2 aliphatic heterocycles. The average Bonchev–Trinajstić information content (AvgIpc) is 3.24. The fraction of sp³-hybridized carbons (Fsp3) is 0.929. The molecule has 3 heterocycles. The highest BCUT2D eigenvalue weighted by atomic mass is 32.2. The molecule has 0 aromatic carbocycles. The number of nitrogens with zero attached hydrogens (tertiary/aromatic N) is 5. The van der Waals surface area contributed by atoms with Gasteiger partial charge < -0.3 is 4.74 Å². The van der Waals surface area contributed by atoms with Gasteiger partial charge in [-0.2, -0.15) is 11.8 Å². The lowest BCUT2D eigenvalue weighted by Gasteiger charge is -2.46. The average molecular weight is 309 g/mol. The molecule has 0 radical (unpaired) electrons. The minimum atomic E-state index is 0.307. The van der Waals surface area contributed by atoms with Crippen molar-refractivity contribution in [2.45, 2.75) is 49.4 Å². The lowest BCUT2D eigenvalue weighted by atomic mass is 9.97. The highest BCUT2D eigenvalue weighted by Gasteiger charge is 2.40. The minimum absolute atomic E-state index is 0.307. The Morgan fingerprint density at radius 3 is 2.90 bits per heavy atom. The van der Waals surface area contributed by atoms with Crippen LogP contribution in [-0.4, -0.2) is 61.9 Å². The van der Waals surface area contributed by atoms with Gasteiger partial charge in [0.2, 0.25) is 0 Å². The van der Waals surface area contributed by atoms with Crippen LogP contribution in [0.15, 0.2) is 0 Å². The molecule has 0 amide bonds. The fourth-order valence-corrected chi connectivity index (χ4v) is 4.94. The maximum atomic E-state index is 5.56. The Morgan fingerprint density at radius 2 is 2.14 bits per heavy atom. The van der Waals surface area contributed by atoms with E-state index in [-0.39, 0.29) is 0 Å². The van der Waals surface area contributed by atoms with Gasteiger partial charge >= 0.3 is 0 Å². The van der Waals surface area contributed by atoms with Gasteiger partial charge in [-0.1, -0.05) is 0 Å². The second-order valence-corrected chi connectivity index (χ2v) is 8.07. The van der Waals surface area contributed by atoms with E-state index in [4.69, 9.17) is 4.74 Å². The molecule has 1 atom stereocenters. The van der Waals surface area contributed by atoms with E-state index in [1.807, 2.05) is 0 Å². The van der Waals surface area contributed by atoms with E-state index in [0.717, 1.165) is 32.1 Å². The van der Waals surface area contributed by atoms with Crippen molar-refractivity contribution in [2.24, 2.45) is 0 Å². The second-order valence-electron chi connectivity index (χ2n) is 6.50. The number of thioether (sulfide) groups is 1. The largest absolute Gasteiger partial charge is 0.381 e. The summed E-state index contributed by atoms with van der Waals surface area (Å²) in [6.07, 6.45) is 4.80. The van der Waals surface area contributed by atoms with Crippen LogP contribution in [0, 0.1) is 0 Å². The maximum Gasteiger partial charge on any atom is 0.168 e. The molecule has 1 aromatic rings. The molecular formula is C14H23N5OS. The number of hydrogen-bond acceptors (Lipinski definition) is 6. The van der Waals surface area contributed by atoms with Crippen LogP contribution in [0.25, 0.3) is 0 Å². The number of tetrazole rings is 1. The molecule has 1 saturated carbocycles. The van der Waals surface area contributed by atoms with Crippen molar-refractivity contribution in [1.29, 1.82) is 0 Å². The molecule has 2 saturated heterocycles. The van der Waals surface area contributed by atoms with Crippen LogP contribution in [0.2, 0.25) is 0 Å². The third-order valence-electron chi connectivity index (χ3n) is 5.01. The summed E-state index contributed by atoms with van der Waals surface area (Å²) >= 11 is 2.15. The van der Waals surface area contributed by atoms with Gasteiger partial charge in [0, 0.05) is 36.8 Å². The van der Waals surface area contributed by atoms with Crippen LogP contribution < -0.4 is 0 Å². The van der Waals surface area contributed by atoms with Gasteiger partial charge in [0.15, 0.2) is 5.82 Å². The van der Waals surface area contributed by atoms with Crippen LogP contribution in [0.4, 0.5) is 0 Å². The molecule has 1 spiro atoms. The number of hydrogen-bond donors (Lipinski definition) is 0. The van der Waals surface area contributed by atoms with Crippen LogP contribution in [0.3, 0.4) is 0 Å². The molecule has 0 bridgehead atoms. The zero-order valence-electron chi connectivity index (χ0n) is 12.6. The summed E-state index contributed by atoms with van der Waals surface area (Å²) in [5.41, 5.74) is 0. The van der Waals surface area contributed by atoms with Gasteiger partial charge in [-0.3, -0.25) is 4.90 Å². The lowest BCUT2D eigenvalue weighted by Crippen LogP contribution is -2.50. The van der Waals surface area contributed by atoms with Gasteiger partial charge in [-0.05, 0) is 43.0 Å². The van der Waals surface area contributed by atoms with E-state index in [1.165, 1.54) is 31.4 Å². The Balaban J connectivity index is 1.50. The summed E-state index contributed by atoms with van der Waals surface area (Å²) < 4.78 is 8.01. The zero-order valence-corrected chi connectivity index (χ0v) is 13.4. The van der Waals surface area contributed by atoms with Crippen molar-refractivity contribution in [1.82, 2.24) is 25.1 Å². The van der Waals surface area contributed by atoms with E-state index in [1.54, 1.807) is 0 Å². The topological polar surface area (TPSA) is 56.1 Å². The summed E-state index contributed by atoms with van der Waals surface area (Å²) in [5, 5.41) is 12.4. The third kappa shape index (κ3) is 2.71. The van der Waals surface area contributed by atoms with Gasteiger partial charge in [-0.25, -0.2) is 4.68 Å². The Kier molecular flexibility index (Phi) is 3.67. The summed E-state index contributed by atoms with van der Waals surface area (Å²) in [7, 11) is 0. The van der Waals surface area contributed by atoms with E-state index >= 15 is 0 Å². The number of ether oxygens (including phenoxy) is 1. The van der Waals surface area contributed by atoms with Gasteiger partial charge in [0.25, 0.3) is 0 Å². The molecule has 4 rings (SSSR count). The van der Waals surface area contributed by atoms with Crippen LogP contribution in [-0.2, 0) is 4.74 Å². The first kappa shape index (κ1) is 14.0. The minimum Gasteiger partial charge on any atom is -0.381 e. The fourth-order valence-electron chi connectivity index (χ4n) is 3.47. The van der Waals surface area contributed by atoms with E-state index < -0.39 is 0 Å². The summed E-state index contributed by atoms with van der Waals surface area (Å²) in [6, 6.07) is 0.856. The molecule has 116 valence electrons. The first-order valence-corrected chi connectivity index (χ1v) is 8.99. The summed E-state index contributed by atoms with van der Waals surface area (Å²) in [4.78, 5) is 2.58. The predicted octanol–water partition coefficient (Wildman–Crippen LogP) is 1.67. The molecule has 1 aromatic heterocycles. The Hall–Kier alpha value is -0.660.